The highest BCUT2D eigenvalue weighted by Gasteiger charge is 2.43. The van der Waals surface area contributed by atoms with Crippen LogP contribution in [0.4, 0.5) is 0 Å². The smallest absolute Gasteiger partial charge is 0.243 e. The Morgan fingerprint density at radius 2 is 1.88 bits per heavy atom. The van der Waals surface area contributed by atoms with Gasteiger partial charge in [-0.15, -0.1) is 0 Å². The Hall–Kier alpha value is -2.86. The van der Waals surface area contributed by atoms with Crippen LogP contribution in [-0.2, 0) is 20.9 Å². The first kappa shape index (κ1) is 31.6. The second-order valence-electron chi connectivity index (χ2n) is 12.0. The summed E-state index contributed by atoms with van der Waals surface area (Å²) in [6, 6.07) is 5.39. The lowest BCUT2D eigenvalue weighted by molar-refractivity contribution is -0.140. The fourth-order valence-electron chi connectivity index (χ4n) is 5.98. The molecule has 3 N–H and O–H groups in total. The van der Waals surface area contributed by atoms with Crippen molar-refractivity contribution in [2.24, 2.45) is 5.92 Å². The van der Waals surface area contributed by atoms with Crippen LogP contribution in [0, 0.1) is 5.92 Å². The van der Waals surface area contributed by atoms with Crippen molar-refractivity contribution in [2.75, 3.05) is 26.7 Å². The molecule has 5 rings (SSSR count). The van der Waals surface area contributed by atoms with Crippen molar-refractivity contribution in [1.82, 2.24) is 31.0 Å². The molecule has 43 heavy (non-hydrogen) atoms. The predicted molar refractivity (Wildman–Crippen MR) is 161 cm³/mol. The van der Waals surface area contributed by atoms with E-state index in [4.69, 9.17) is 20.9 Å². The Morgan fingerprint density at radius 3 is 2.56 bits per heavy atom. The molecule has 12 heteroatoms. The average Bonchev–Trinajstić information content (AvgIpc) is 3.59. The Labute approximate surface area is 257 Å². The quantitative estimate of drug-likeness (QED) is 0.274. The summed E-state index contributed by atoms with van der Waals surface area (Å²) < 4.78 is 11.5. The summed E-state index contributed by atoms with van der Waals surface area (Å²) in [5, 5.41) is 14.0. The summed E-state index contributed by atoms with van der Waals surface area (Å²) >= 11 is 6.02. The highest BCUT2D eigenvalue weighted by atomic mass is 35.5. The summed E-state index contributed by atoms with van der Waals surface area (Å²) in [6.45, 7) is 4.45. The van der Waals surface area contributed by atoms with E-state index in [9.17, 15) is 14.4 Å². The van der Waals surface area contributed by atoms with Crippen molar-refractivity contribution in [2.45, 2.75) is 95.0 Å². The molecule has 1 aromatic carbocycles. The fraction of sp³-hybridized carbons (Fsp3) is 0.645. The number of piperidine rings is 1. The first-order chi connectivity index (χ1) is 20.9. The number of nitrogens with one attached hydrogen (secondary N) is 3. The van der Waals surface area contributed by atoms with Crippen molar-refractivity contribution in [3.05, 3.63) is 46.6 Å². The summed E-state index contributed by atoms with van der Waals surface area (Å²) in [5.41, 5.74) is 0.951. The molecular formula is C31H43ClN6O5. The van der Waals surface area contributed by atoms with Gasteiger partial charge in [-0.05, 0) is 88.7 Å². The summed E-state index contributed by atoms with van der Waals surface area (Å²) in [6.07, 6.45) is 6.14. The molecule has 11 nitrogen and oxygen atoms in total. The van der Waals surface area contributed by atoms with Gasteiger partial charge in [0.1, 0.15) is 6.04 Å². The highest BCUT2D eigenvalue weighted by Crippen LogP contribution is 2.39. The van der Waals surface area contributed by atoms with E-state index in [0.717, 1.165) is 50.8 Å². The molecular weight excluding hydrogens is 572 g/mol. The van der Waals surface area contributed by atoms with Gasteiger partial charge in [0.2, 0.25) is 29.3 Å². The minimum atomic E-state index is -0.830. The van der Waals surface area contributed by atoms with Crippen molar-refractivity contribution >= 4 is 29.2 Å². The second kappa shape index (κ2) is 14.7. The summed E-state index contributed by atoms with van der Waals surface area (Å²) in [5.74, 6) is 0.353. The molecule has 3 aliphatic rings. The van der Waals surface area contributed by atoms with Crippen molar-refractivity contribution in [1.29, 1.82) is 0 Å². The molecule has 0 unspecified atom stereocenters. The number of Topliss-reactive ketones (excluding diaryl/α,β-unsaturated/α-hetero) is 1. The number of halogens is 1. The number of ketones is 1. The zero-order chi connectivity index (χ0) is 30.3. The Bertz CT molecular complexity index is 1250. The average molecular weight is 615 g/mol. The monoisotopic (exact) mass is 614 g/mol. The molecule has 3 fully saturated rings. The second-order valence-corrected chi connectivity index (χ2v) is 12.4. The van der Waals surface area contributed by atoms with E-state index < -0.39 is 23.9 Å². The first-order valence-corrected chi connectivity index (χ1v) is 16.0. The molecule has 3 heterocycles. The van der Waals surface area contributed by atoms with Gasteiger partial charge in [0.05, 0.1) is 24.8 Å². The molecule has 1 aromatic heterocycles. The van der Waals surface area contributed by atoms with Crippen LogP contribution in [0.1, 0.15) is 86.3 Å². The third-order valence-corrected chi connectivity index (χ3v) is 9.10. The maximum Gasteiger partial charge on any atom is 0.243 e. The number of hydrogen-bond donors (Lipinski definition) is 3. The van der Waals surface area contributed by atoms with Crippen LogP contribution in [0.25, 0.3) is 0 Å². The van der Waals surface area contributed by atoms with Crippen LogP contribution in [0.15, 0.2) is 28.8 Å². The summed E-state index contributed by atoms with van der Waals surface area (Å²) in [4.78, 5) is 46.8. The number of aromatic nitrogens is 2. The molecule has 0 bridgehead atoms. The van der Waals surface area contributed by atoms with Crippen LogP contribution in [0.3, 0.4) is 0 Å². The Morgan fingerprint density at radius 1 is 1.14 bits per heavy atom. The number of likely N-dealkylation sites (N-methyl/N-ethyl adjacent to an activating group) is 1. The maximum atomic E-state index is 13.9. The van der Waals surface area contributed by atoms with E-state index in [0.29, 0.717) is 42.7 Å². The van der Waals surface area contributed by atoms with Crippen LogP contribution in [-0.4, -0.2) is 83.5 Å². The van der Waals surface area contributed by atoms with Crippen LogP contribution in [0.2, 0.25) is 5.02 Å². The predicted octanol–water partition coefficient (Wildman–Crippen LogP) is 3.23. The van der Waals surface area contributed by atoms with Crippen molar-refractivity contribution in [3.8, 4) is 0 Å². The van der Waals surface area contributed by atoms with E-state index in [1.54, 1.807) is 24.1 Å². The lowest BCUT2D eigenvalue weighted by Crippen LogP contribution is -2.54. The van der Waals surface area contributed by atoms with Gasteiger partial charge in [0, 0.05) is 23.9 Å². The number of carbonyl (C=O) groups excluding carboxylic acids is 3. The van der Waals surface area contributed by atoms with E-state index in [1.165, 1.54) is 0 Å². The third kappa shape index (κ3) is 8.20. The van der Waals surface area contributed by atoms with Crippen molar-refractivity contribution in [3.63, 3.8) is 0 Å². The standard InChI is InChI=1S/C31H43ClN6O5/c1-3-24(27(39)28-36-30(43-37-28)21-7-8-21)35-29(40)26-16-23(42-18-20-4-9-22(32)10-5-20)17-38(26)31(41)25(33-2)11-6-19-12-14-34-15-13-19/h4-5,9-10,19,21,23-26,33-34H,3,6-8,11-18H2,1-2H3,(H,35,40)/t23-,24+,25-,26+/m1/s1. The van der Waals surface area contributed by atoms with Crippen LogP contribution in [0.5, 0.6) is 0 Å². The van der Waals surface area contributed by atoms with E-state index >= 15 is 0 Å². The Balaban J connectivity index is 1.26. The number of carbonyl (C=O) groups is 3. The topological polar surface area (TPSA) is 139 Å². The van der Waals surface area contributed by atoms with E-state index in [2.05, 4.69) is 26.1 Å². The highest BCUT2D eigenvalue weighted by molar-refractivity contribution is 6.30. The van der Waals surface area contributed by atoms with Gasteiger partial charge in [0.25, 0.3) is 0 Å². The lowest BCUT2D eigenvalue weighted by atomic mass is 9.91. The largest absolute Gasteiger partial charge is 0.372 e. The van der Waals surface area contributed by atoms with E-state index in [-0.39, 0.29) is 36.2 Å². The number of ether oxygens (including phenoxy) is 1. The van der Waals surface area contributed by atoms with Gasteiger partial charge in [0.15, 0.2) is 0 Å². The first-order valence-electron chi connectivity index (χ1n) is 15.6. The molecule has 0 radical (unpaired) electrons. The van der Waals surface area contributed by atoms with Gasteiger partial charge in [-0.1, -0.05) is 35.8 Å². The molecule has 4 atom stereocenters. The molecule has 2 saturated heterocycles. The van der Waals surface area contributed by atoms with Crippen molar-refractivity contribution < 1.29 is 23.6 Å². The van der Waals surface area contributed by atoms with Gasteiger partial charge >= 0.3 is 0 Å². The molecule has 2 amide bonds. The maximum absolute atomic E-state index is 13.9. The van der Waals surface area contributed by atoms with Crippen LogP contribution >= 0.6 is 11.6 Å². The number of amides is 2. The molecule has 1 saturated carbocycles. The number of rotatable bonds is 14. The normalized spacial score (nSPS) is 22.3. The number of benzene rings is 1. The Kier molecular flexibility index (Phi) is 10.8. The molecule has 1 aliphatic carbocycles. The van der Waals surface area contributed by atoms with Gasteiger partial charge in [-0.3, -0.25) is 14.4 Å². The molecule has 0 spiro atoms. The lowest BCUT2D eigenvalue weighted by Gasteiger charge is -2.30. The zero-order valence-corrected chi connectivity index (χ0v) is 25.8. The molecule has 2 aromatic rings. The molecule has 234 valence electrons. The number of likely N-dealkylation sites (tertiary alicyclic amines) is 1. The van der Waals surface area contributed by atoms with Crippen LogP contribution < -0.4 is 16.0 Å². The van der Waals surface area contributed by atoms with Gasteiger partial charge in [-0.2, -0.15) is 4.98 Å². The van der Waals surface area contributed by atoms with Gasteiger partial charge < -0.3 is 30.1 Å². The minimum Gasteiger partial charge on any atom is -0.372 e. The molecule has 2 aliphatic heterocycles. The number of hydrogen-bond acceptors (Lipinski definition) is 9. The van der Waals surface area contributed by atoms with Gasteiger partial charge in [-0.25, -0.2) is 0 Å². The van der Waals surface area contributed by atoms with E-state index in [1.807, 2.05) is 19.1 Å². The SMILES string of the molecule is CC[C@H](NC(=O)[C@@H]1C[C@@H](OCc2ccc(Cl)cc2)CN1C(=O)[C@@H](CCC1CCNCC1)NC)C(=O)c1noc(C2CC2)n1. The summed E-state index contributed by atoms with van der Waals surface area (Å²) in [7, 11) is 1.79. The number of nitrogens with zero attached hydrogens (tertiary/aromatic N) is 3. The zero-order valence-electron chi connectivity index (χ0n) is 25.0. The third-order valence-electron chi connectivity index (χ3n) is 8.85. The minimum absolute atomic E-state index is 0.0225. The fourth-order valence-corrected chi connectivity index (χ4v) is 6.10.